The van der Waals surface area contributed by atoms with E-state index >= 15 is 0 Å². The van der Waals surface area contributed by atoms with E-state index in [1.54, 1.807) is 6.07 Å². The first kappa shape index (κ1) is 13.9. The monoisotopic (exact) mass is 304 g/mol. The number of halogens is 2. The number of hydrogen-bond acceptors (Lipinski definition) is 3. The zero-order valence-corrected chi connectivity index (χ0v) is 11.0. The highest BCUT2D eigenvalue weighted by Gasteiger charge is 2.09. The number of hydrogen-bond donors (Lipinski definition) is 2. The number of nitrogens with two attached hydrogens (primary N) is 1. The second-order valence-electron chi connectivity index (χ2n) is 3.61. The standard InChI is InChI=1S/C11H14BrFN2O2/c1-7(2-5-11(16)15-14)17-10-4-3-8(13)6-9(10)12/h3-4,6-7H,2,5,14H2,1H3,(H,15,16). The van der Waals surface area contributed by atoms with Crippen LogP contribution in [0.5, 0.6) is 5.75 Å². The van der Waals surface area contributed by atoms with E-state index in [4.69, 9.17) is 10.6 Å². The summed E-state index contributed by atoms with van der Waals surface area (Å²) in [6.07, 6.45) is 0.664. The van der Waals surface area contributed by atoms with Crippen molar-refractivity contribution in [3.63, 3.8) is 0 Å². The molecule has 1 amide bonds. The third-order valence-corrected chi connectivity index (χ3v) is 2.78. The van der Waals surface area contributed by atoms with E-state index in [-0.39, 0.29) is 24.2 Å². The Hall–Kier alpha value is -1.14. The minimum absolute atomic E-state index is 0.158. The van der Waals surface area contributed by atoms with Crippen LogP contribution in [-0.4, -0.2) is 12.0 Å². The molecule has 6 heteroatoms. The van der Waals surface area contributed by atoms with Gasteiger partial charge < -0.3 is 4.74 Å². The second kappa shape index (κ2) is 6.56. The fourth-order valence-corrected chi connectivity index (χ4v) is 1.70. The van der Waals surface area contributed by atoms with Crippen molar-refractivity contribution in [3.05, 3.63) is 28.5 Å². The fourth-order valence-electron chi connectivity index (χ4n) is 1.25. The lowest BCUT2D eigenvalue weighted by atomic mass is 10.2. The summed E-state index contributed by atoms with van der Waals surface area (Å²) in [6.45, 7) is 1.83. The first-order valence-electron chi connectivity index (χ1n) is 5.14. The van der Waals surface area contributed by atoms with Gasteiger partial charge in [0.15, 0.2) is 0 Å². The number of hydrazine groups is 1. The summed E-state index contributed by atoms with van der Waals surface area (Å²) >= 11 is 3.21. The lowest BCUT2D eigenvalue weighted by Gasteiger charge is -2.15. The van der Waals surface area contributed by atoms with Crippen LogP contribution in [0.15, 0.2) is 22.7 Å². The average molecular weight is 305 g/mol. The van der Waals surface area contributed by atoms with E-state index in [9.17, 15) is 9.18 Å². The van der Waals surface area contributed by atoms with Crippen molar-refractivity contribution < 1.29 is 13.9 Å². The van der Waals surface area contributed by atoms with Crippen LogP contribution >= 0.6 is 15.9 Å². The third-order valence-electron chi connectivity index (χ3n) is 2.16. The molecular formula is C11H14BrFN2O2. The largest absolute Gasteiger partial charge is 0.490 e. The number of benzene rings is 1. The van der Waals surface area contributed by atoms with Crippen LogP contribution in [0.4, 0.5) is 4.39 Å². The van der Waals surface area contributed by atoms with Crippen LogP contribution < -0.4 is 16.0 Å². The Morgan fingerprint density at radius 1 is 1.65 bits per heavy atom. The van der Waals surface area contributed by atoms with Crippen molar-refractivity contribution in [2.45, 2.75) is 25.9 Å². The van der Waals surface area contributed by atoms with Gasteiger partial charge in [-0.25, -0.2) is 10.2 Å². The van der Waals surface area contributed by atoms with Gasteiger partial charge in [-0.05, 0) is 47.5 Å². The number of amides is 1. The van der Waals surface area contributed by atoms with Crippen molar-refractivity contribution in [2.24, 2.45) is 5.84 Å². The molecule has 0 radical (unpaired) electrons. The van der Waals surface area contributed by atoms with E-state index in [2.05, 4.69) is 15.9 Å². The molecular weight excluding hydrogens is 291 g/mol. The van der Waals surface area contributed by atoms with Gasteiger partial charge in [-0.2, -0.15) is 0 Å². The zero-order valence-electron chi connectivity index (χ0n) is 9.37. The first-order chi connectivity index (χ1) is 8.02. The number of rotatable bonds is 5. The maximum Gasteiger partial charge on any atom is 0.234 e. The lowest BCUT2D eigenvalue weighted by Crippen LogP contribution is -2.30. The van der Waals surface area contributed by atoms with Gasteiger partial charge in [0.05, 0.1) is 10.6 Å². The molecule has 0 aromatic heterocycles. The van der Waals surface area contributed by atoms with Gasteiger partial charge in [0.1, 0.15) is 11.6 Å². The fraction of sp³-hybridized carbons (Fsp3) is 0.364. The van der Waals surface area contributed by atoms with Crippen LogP contribution in [0.1, 0.15) is 19.8 Å². The summed E-state index contributed by atoms with van der Waals surface area (Å²) in [4.78, 5) is 10.9. The van der Waals surface area contributed by atoms with Crippen LogP contribution in [0.2, 0.25) is 0 Å². The van der Waals surface area contributed by atoms with Crippen LogP contribution in [0.3, 0.4) is 0 Å². The summed E-state index contributed by atoms with van der Waals surface area (Å²) in [5.74, 6) is 4.94. The van der Waals surface area contributed by atoms with Gasteiger partial charge in [0.25, 0.3) is 0 Å². The Morgan fingerprint density at radius 2 is 2.35 bits per heavy atom. The Labute approximate surface area is 107 Å². The smallest absolute Gasteiger partial charge is 0.234 e. The van der Waals surface area contributed by atoms with E-state index in [1.165, 1.54) is 12.1 Å². The van der Waals surface area contributed by atoms with Crippen molar-refractivity contribution in [1.29, 1.82) is 0 Å². The Kier molecular flexibility index (Phi) is 5.37. The minimum Gasteiger partial charge on any atom is -0.490 e. The van der Waals surface area contributed by atoms with Crippen molar-refractivity contribution >= 4 is 21.8 Å². The summed E-state index contributed by atoms with van der Waals surface area (Å²) in [6, 6.07) is 4.19. The molecule has 0 fully saturated rings. The van der Waals surface area contributed by atoms with Gasteiger partial charge in [-0.1, -0.05) is 0 Å². The molecule has 17 heavy (non-hydrogen) atoms. The Morgan fingerprint density at radius 3 is 2.94 bits per heavy atom. The molecule has 1 unspecified atom stereocenters. The predicted molar refractivity (Wildman–Crippen MR) is 65.8 cm³/mol. The molecule has 0 spiro atoms. The van der Waals surface area contributed by atoms with Gasteiger partial charge >= 0.3 is 0 Å². The quantitative estimate of drug-likeness (QED) is 0.497. The molecule has 1 aromatic carbocycles. The molecule has 0 aliphatic heterocycles. The number of nitrogens with one attached hydrogen (secondary N) is 1. The Balaban J connectivity index is 2.50. The molecule has 4 nitrogen and oxygen atoms in total. The second-order valence-corrected chi connectivity index (χ2v) is 4.46. The topological polar surface area (TPSA) is 64.4 Å². The van der Waals surface area contributed by atoms with E-state index in [0.717, 1.165) is 0 Å². The lowest BCUT2D eigenvalue weighted by molar-refractivity contribution is -0.121. The maximum atomic E-state index is 12.8. The minimum atomic E-state index is -0.334. The highest BCUT2D eigenvalue weighted by atomic mass is 79.9. The molecule has 0 aliphatic carbocycles. The highest BCUT2D eigenvalue weighted by Crippen LogP contribution is 2.26. The third kappa shape index (κ3) is 4.70. The van der Waals surface area contributed by atoms with Gasteiger partial charge in [0.2, 0.25) is 5.91 Å². The van der Waals surface area contributed by atoms with Crippen LogP contribution in [-0.2, 0) is 4.79 Å². The number of carbonyl (C=O) groups excluding carboxylic acids is 1. The summed E-state index contributed by atoms with van der Waals surface area (Å²) in [7, 11) is 0. The average Bonchev–Trinajstić information content (AvgIpc) is 2.29. The SMILES string of the molecule is CC(CCC(=O)NN)Oc1ccc(F)cc1Br. The molecule has 0 saturated heterocycles. The normalized spacial score (nSPS) is 12.0. The van der Waals surface area contributed by atoms with E-state index in [1.807, 2.05) is 12.3 Å². The molecule has 1 atom stereocenters. The van der Waals surface area contributed by atoms with Crippen molar-refractivity contribution in [2.75, 3.05) is 0 Å². The first-order valence-corrected chi connectivity index (χ1v) is 5.93. The predicted octanol–water partition coefficient (Wildman–Crippen LogP) is 2.13. The van der Waals surface area contributed by atoms with Crippen LogP contribution in [0, 0.1) is 5.82 Å². The molecule has 0 bridgehead atoms. The van der Waals surface area contributed by atoms with Gasteiger partial charge in [0, 0.05) is 6.42 Å². The number of ether oxygens (including phenoxy) is 1. The zero-order chi connectivity index (χ0) is 12.8. The maximum absolute atomic E-state index is 12.8. The highest BCUT2D eigenvalue weighted by molar-refractivity contribution is 9.10. The molecule has 1 aromatic rings. The Bertz CT molecular complexity index is 401. The van der Waals surface area contributed by atoms with E-state index in [0.29, 0.717) is 16.6 Å². The summed E-state index contributed by atoms with van der Waals surface area (Å²) in [5, 5.41) is 0. The van der Waals surface area contributed by atoms with Gasteiger partial charge in [-0.3, -0.25) is 10.2 Å². The number of carbonyl (C=O) groups is 1. The van der Waals surface area contributed by atoms with E-state index < -0.39 is 0 Å². The molecule has 3 N–H and O–H groups in total. The molecule has 1 rings (SSSR count). The molecule has 94 valence electrons. The van der Waals surface area contributed by atoms with Gasteiger partial charge in [-0.15, -0.1) is 0 Å². The molecule has 0 heterocycles. The summed E-state index contributed by atoms with van der Waals surface area (Å²) in [5.41, 5.74) is 2.05. The van der Waals surface area contributed by atoms with Crippen molar-refractivity contribution in [1.82, 2.24) is 5.43 Å². The molecule has 0 saturated carbocycles. The van der Waals surface area contributed by atoms with Crippen LogP contribution in [0.25, 0.3) is 0 Å². The summed E-state index contributed by atoms with van der Waals surface area (Å²) < 4.78 is 18.9. The molecule has 0 aliphatic rings. The van der Waals surface area contributed by atoms with Crippen molar-refractivity contribution in [3.8, 4) is 5.75 Å².